The second kappa shape index (κ2) is 7.21. The number of ether oxygens (including phenoxy) is 1. The lowest BCUT2D eigenvalue weighted by Gasteiger charge is -2.20. The summed E-state index contributed by atoms with van der Waals surface area (Å²) >= 11 is 0. The number of carbonyl (C=O) groups excluding carboxylic acids is 1. The van der Waals surface area contributed by atoms with Crippen molar-refractivity contribution < 1.29 is 9.53 Å². The van der Waals surface area contributed by atoms with E-state index in [9.17, 15) is 4.79 Å². The minimum Gasteiger partial charge on any atom is -0.444 e. The van der Waals surface area contributed by atoms with Crippen molar-refractivity contribution in [3.8, 4) is 0 Å². The number of rotatable bonds is 4. The number of hydrogen-bond acceptors (Lipinski definition) is 5. The molecule has 1 amide bonds. The van der Waals surface area contributed by atoms with Gasteiger partial charge in [0.1, 0.15) is 11.4 Å². The van der Waals surface area contributed by atoms with Crippen molar-refractivity contribution in [2.24, 2.45) is 0 Å². The lowest BCUT2D eigenvalue weighted by molar-refractivity contribution is 0.0635. The molecule has 128 valence electrons. The van der Waals surface area contributed by atoms with E-state index in [1.165, 1.54) is 6.20 Å². The maximum absolute atomic E-state index is 11.8. The normalized spacial score (nSPS) is 12.3. The number of nitrogen functional groups attached to an aromatic ring is 1. The fraction of sp³-hybridized carbons (Fsp3) is 0.333. The first kappa shape index (κ1) is 17.6. The maximum atomic E-state index is 11.8. The number of amides is 1. The van der Waals surface area contributed by atoms with Gasteiger partial charge in [0.05, 0.1) is 17.6 Å². The summed E-state index contributed by atoms with van der Waals surface area (Å²) in [6, 6.07) is 11.8. The van der Waals surface area contributed by atoms with Crippen molar-refractivity contribution in [3.63, 3.8) is 0 Å². The van der Waals surface area contributed by atoms with E-state index in [0.29, 0.717) is 17.2 Å². The molecule has 0 saturated carbocycles. The highest BCUT2D eigenvalue weighted by Crippen LogP contribution is 2.26. The van der Waals surface area contributed by atoms with Crippen molar-refractivity contribution in [1.29, 1.82) is 0 Å². The average Bonchev–Trinajstić information content (AvgIpc) is 2.49. The summed E-state index contributed by atoms with van der Waals surface area (Å²) in [5, 5.41) is 5.94. The average molecular weight is 328 g/mol. The van der Waals surface area contributed by atoms with Crippen LogP contribution in [0.3, 0.4) is 0 Å². The topological polar surface area (TPSA) is 89.3 Å². The number of nitrogens with zero attached hydrogens (tertiary/aromatic N) is 1. The van der Waals surface area contributed by atoms with Gasteiger partial charge < -0.3 is 15.8 Å². The first-order valence-corrected chi connectivity index (χ1v) is 7.81. The summed E-state index contributed by atoms with van der Waals surface area (Å²) in [6.45, 7) is 7.45. The molecule has 6 heteroatoms. The lowest BCUT2D eigenvalue weighted by Crippen LogP contribution is -2.27. The number of pyridine rings is 1. The fourth-order valence-electron chi connectivity index (χ4n) is 2.13. The number of carbonyl (C=O) groups is 1. The van der Waals surface area contributed by atoms with E-state index >= 15 is 0 Å². The monoisotopic (exact) mass is 328 g/mol. The molecule has 2 rings (SSSR count). The van der Waals surface area contributed by atoms with Gasteiger partial charge in [-0.15, -0.1) is 0 Å². The molecule has 0 aliphatic heterocycles. The van der Waals surface area contributed by atoms with Crippen LogP contribution >= 0.6 is 0 Å². The molecule has 0 unspecified atom stereocenters. The Kier molecular flexibility index (Phi) is 5.28. The lowest BCUT2D eigenvalue weighted by atomic mass is 10.1. The summed E-state index contributed by atoms with van der Waals surface area (Å²) < 4.78 is 5.22. The fourth-order valence-corrected chi connectivity index (χ4v) is 2.13. The van der Waals surface area contributed by atoms with Crippen LogP contribution in [0.1, 0.15) is 39.3 Å². The smallest absolute Gasteiger partial charge is 0.413 e. The van der Waals surface area contributed by atoms with Crippen LogP contribution in [-0.4, -0.2) is 16.7 Å². The van der Waals surface area contributed by atoms with Crippen molar-refractivity contribution in [1.82, 2.24) is 4.98 Å². The first-order chi connectivity index (χ1) is 11.2. The van der Waals surface area contributed by atoms with Gasteiger partial charge in [-0.05, 0) is 33.3 Å². The Morgan fingerprint density at radius 2 is 1.92 bits per heavy atom. The van der Waals surface area contributed by atoms with Gasteiger partial charge in [0.25, 0.3) is 0 Å². The molecule has 1 aromatic heterocycles. The molecule has 1 heterocycles. The molecule has 0 spiro atoms. The number of nitrogens with two attached hydrogens (primary N) is 1. The van der Waals surface area contributed by atoms with Gasteiger partial charge in [0, 0.05) is 12.1 Å². The summed E-state index contributed by atoms with van der Waals surface area (Å²) in [4.78, 5) is 16.0. The van der Waals surface area contributed by atoms with Crippen molar-refractivity contribution >= 4 is 23.3 Å². The molecule has 0 saturated heterocycles. The van der Waals surface area contributed by atoms with E-state index < -0.39 is 11.7 Å². The van der Waals surface area contributed by atoms with E-state index in [4.69, 9.17) is 10.5 Å². The van der Waals surface area contributed by atoms with Gasteiger partial charge in [0.15, 0.2) is 0 Å². The van der Waals surface area contributed by atoms with Gasteiger partial charge in [-0.3, -0.25) is 5.32 Å². The molecule has 4 N–H and O–H groups in total. The number of nitrogens with one attached hydrogen (secondary N) is 2. The predicted octanol–water partition coefficient (Wildman–Crippen LogP) is 4.18. The minimum absolute atomic E-state index is 0.0604. The van der Waals surface area contributed by atoms with Crippen LogP contribution in [0, 0.1) is 0 Å². The summed E-state index contributed by atoms with van der Waals surface area (Å²) in [7, 11) is 0. The van der Waals surface area contributed by atoms with Crippen LogP contribution in [0.5, 0.6) is 0 Å². The zero-order chi connectivity index (χ0) is 17.7. The number of anilines is 3. The summed E-state index contributed by atoms with van der Waals surface area (Å²) in [5.74, 6) is 0.376. The Bertz CT molecular complexity index is 696. The van der Waals surface area contributed by atoms with E-state index in [0.717, 1.165) is 5.56 Å². The molecule has 24 heavy (non-hydrogen) atoms. The second-order valence-corrected chi connectivity index (χ2v) is 6.56. The quantitative estimate of drug-likeness (QED) is 0.783. The third-order valence-corrected chi connectivity index (χ3v) is 3.24. The molecule has 0 fully saturated rings. The summed E-state index contributed by atoms with van der Waals surface area (Å²) in [5.41, 5.74) is 7.75. The van der Waals surface area contributed by atoms with Crippen LogP contribution in [0.25, 0.3) is 0 Å². The number of benzene rings is 1. The van der Waals surface area contributed by atoms with E-state index in [-0.39, 0.29) is 6.04 Å². The van der Waals surface area contributed by atoms with E-state index in [1.807, 2.05) is 37.3 Å². The van der Waals surface area contributed by atoms with E-state index in [2.05, 4.69) is 15.6 Å². The first-order valence-electron chi connectivity index (χ1n) is 7.81. The Balaban J connectivity index is 2.10. The largest absolute Gasteiger partial charge is 0.444 e. The van der Waals surface area contributed by atoms with Crippen LogP contribution in [0.15, 0.2) is 42.6 Å². The van der Waals surface area contributed by atoms with Crippen molar-refractivity contribution in [3.05, 3.63) is 48.2 Å². The number of aromatic nitrogens is 1. The Morgan fingerprint density at radius 1 is 1.25 bits per heavy atom. The van der Waals surface area contributed by atoms with Crippen LogP contribution in [0.2, 0.25) is 0 Å². The highest BCUT2D eigenvalue weighted by atomic mass is 16.6. The molecule has 0 aliphatic carbocycles. The van der Waals surface area contributed by atoms with Crippen LogP contribution < -0.4 is 16.4 Å². The standard InChI is InChI=1S/C18H24N4O2/c1-12(13-8-6-5-7-9-13)21-15-10-16(20-11-14(15)19)22-17(23)24-18(2,3)4/h5-12H,19H2,1-4H3,(H2,20,21,22,23)/t12-/m0/s1. The minimum atomic E-state index is -0.569. The Morgan fingerprint density at radius 3 is 2.54 bits per heavy atom. The molecule has 0 bridgehead atoms. The third kappa shape index (κ3) is 5.15. The molecule has 0 radical (unpaired) electrons. The molecule has 1 aromatic carbocycles. The Labute approximate surface area is 142 Å². The maximum Gasteiger partial charge on any atom is 0.413 e. The van der Waals surface area contributed by atoms with Crippen molar-refractivity contribution in [2.45, 2.75) is 39.3 Å². The highest BCUT2D eigenvalue weighted by molar-refractivity contribution is 5.85. The third-order valence-electron chi connectivity index (χ3n) is 3.24. The molecular formula is C18H24N4O2. The van der Waals surface area contributed by atoms with Gasteiger partial charge in [-0.1, -0.05) is 30.3 Å². The molecule has 0 aliphatic rings. The van der Waals surface area contributed by atoms with Gasteiger partial charge in [-0.25, -0.2) is 9.78 Å². The SMILES string of the molecule is C[C@H](Nc1cc(NC(=O)OC(C)(C)C)ncc1N)c1ccccc1. The highest BCUT2D eigenvalue weighted by Gasteiger charge is 2.17. The summed E-state index contributed by atoms with van der Waals surface area (Å²) in [6.07, 6.45) is 0.953. The van der Waals surface area contributed by atoms with E-state index in [1.54, 1.807) is 26.8 Å². The zero-order valence-electron chi connectivity index (χ0n) is 14.5. The van der Waals surface area contributed by atoms with Gasteiger partial charge >= 0.3 is 6.09 Å². The van der Waals surface area contributed by atoms with Gasteiger partial charge in [-0.2, -0.15) is 0 Å². The predicted molar refractivity (Wildman–Crippen MR) is 97.0 cm³/mol. The Hall–Kier alpha value is -2.76. The second-order valence-electron chi connectivity index (χ2n) is 6.56. The molecular weight excluding hydrogens is 304 g/mol. The zero-order valence-corrected chi connectivity index (χ0v) is 14.5. The van der Waals surface area contributed by atoms with Gasteiger partial charge in [0.2, 0.25) is 0 Å². The van der Waals surface area contributed by atoms with Crippen LogP contribution in [-0.2, 0) is 4.74 Å². The molecule has 2 aromatic rings. The molecule has 1 atom stereocenters. The van der Waals surface area contributed by atoms with Crippen molar-refractivity contribution in [2.75, 3.05) is 16.4 Å². The molecule has 6 nitrogen and oxygen atoms in total. The number of hydrogen-bond donors (Lipinski definition) is 3. The van der Waals surface area contributed by atoms with Crippen LogP contribution in [0.4, 0.5) is 22.0 Å².